The highest BCUT2D eigenvalue weighted by Crippen LogP contribution is 2.23. The molecule has 0 aliphatic rings. The Morgan fingerprint density at radius 2 is 1.70 bits per heavy atom. The van der Waals surface area contributed by atoms with E-state index in [9.17, 15) is 19.7 Å². The second kappa shape index (κ2) is 8.91. The number of nitro groups is 1. The molecule has 0 heterocycles. The molecule has 0 saturated carbocycles. The highest BCUT2D eigenvalue weighted by atomic mass is 16.6. The average Bonchev–Trinajstić information content (AvgIpc) is 2.63. The molecule has 2 N–H and O–H groups in total. The minimum atomic E-state index is -0.953. The fourth-order valence-corrected chi connectivity index (χ4v) is 2.57. The van der Waals surface area contributed by atoms with Gasteiger partial charge in [-0.25, -0.2) is 0 Å². The smallest absolute Gasteiger partial charge is 0.313 e. The third-order valence-electron chi connectivity index (χ3n) is 4.10. The molecule has 0 fully saturated rings. The molecule has 8 heteroatoms. The van der Waals surface area contributed by atoms with Crippen LogP contribution in [0.25, 0.3) is 0 Å². The van der Waals surface area contributed by atoms with Crippen LogP contribution in [-0.2, 0) is 9.59 Å². The van der Waals surface area contributed by atoms with Crippen LogP contribution in [-0.4, -0.2) is 42.3 Å². The lowest BCUT2D eigenvalue weighted by atomic mass is 10.0. The fraction of sp³-hybridized carbons (Fsp3) is 0.263. The molecule has 2 aromatic carbocycles. The first-order valence-corrected chi connectivity index (χ1v) is 8.35. The van der Waals surface area contributed by atoms with Crippen LogP contribution >= 0.6 is 0 Å². The van der Waals surface area contributed by atoms with Crippen LogP contribution < -0.4 is 10.6 Å². The SMILES string of the molecule is Cc1ccc(C(CNC(=O)C(=O)Nc2ccccc2[N+](=O)[O-])N(C)C)cc1. The number of rotatable bonds is 6. The summed E-state index contributed by atoms with van der Waals surface area (Å²) in [5.41, 5.74) is 1.84. The van der Waals surface area contributed by atoms with Crippen molar-refractivity contribution in [1.29, 1.82) is 0 Å². The Morgan fingerprint density at radius 3 is 2.30 bits per heavy atom. The van der Waals surface area contributed by atoms with Crippen molar-refractivity contribution >= 4 is 23.2 Å². The molecular formula is C19H22N4O4. The zero-order valence-corrected chi connectivity index (χ0v) is 15.4. The van der Waals surface area contributed by atoms with E-state index in [-0.39, 0.29) is 24.0 Å². The maximum Gasteiger partial charge on any atom is 0.313 e. The highest BCUT2D eigenvalue weighted by molar-refractivity contribution is 6.39. The van der Waals surface area contributed by atoms with E-state index in [1.165, 1.54) is 18.2 Å². The molecule has 2 rings (SSSR count). The van der Waals surface area contributed by atoms with Gasteiger partial charge in [0.25, 0.3) is 5.69 Å². The summed E-state index contributed by atoms with van der Waals surface area (Å²) in [6, 6.07) is 13.4. The van der Waals surface area contributed by atoms with Crippen molar-refractivity contribution in [3.63, 3.8) is 0 Å². The van der Waals surface area contributed by atoms with E-state index in [4.69, 9.17) is 0 Å². The predicted molar refractivity (Wildman–Crippen MR) is 102 cm³/mol. The van der Waals surface area contributed by atoms with Gasteiger partial charge in [-0.05, 0) is 32.6 Å². The summed E-state index contributed by atoms with van der Waals surface area (Å²) >= 11 is 0. The first kappa shape index (κ1) is 20.1. The van der Waals surface area contributed by atoms with Crippen molar-refractivity contribution < 1.29 is 14.5 Å². The Kier molecular flexibility index (Phi) is 6.62. The predicted octanol–water partition coefficient (Wildman–Crippen LogP) is 2.26. The van der Waals surface area contributed by atoms with Gasteiger partial charge in [-0.2, -0.15) is 0 Å². The van der Waals surface area contributed by atoms with Crippen LogP contribution in [0.15, 0.2) is 48.5 Å². The average molecular weight is 370 g/mol. The van der Waals surface area contributed by atoms with E-state index >= 15 is 0 Å². The van der Waals surface area contributed by atoms with Crippen LogP contribution in [0.3, 0.4) is 0 Å². The zero-order valence-electron chi connectivity index (χ0n) is 15.4. The molecule has 0 saturated heterocycles. The van der Waals surface area contributed by atoms with Crippen molar-refractivity contribution in [3.05, 3.63) is 69.8 Å². The van der Waals surface area contributed by atoms with Gasteiger partial charge in [-0.3, -0.25) is 19.7 Å². The number of hydrogen-bond acceptors (Lipinski definition) is 5. The minimum Gasteiger partial charge on any atom is -0.346 e. The van der Waals surface area contributed by atoms with Crippen LogP contribution in [0, 0.1) is 17.0 Å². The molecule has 1 atom stereocenters. The molecule has 0 spiro atoms. The van der Waals surface area contributed by atoms with Crippen molar-refractivity contribution in [2.24, 2.45) is 0 Å². The summed E-state index contributed by atoms with van der Waals surface area (Å²) in [5, 5.41) is 15.9. The summed E-state index contributed by atoms with van der Waals surface area (Å²) in [6.07, 6.45) is 0. The second-order valence-electron chi connectivity index (χ2n) is 6.33. The van der Waals surface area contributed by atoms with Crippen LogP contribution in [0.5, 0.6) is 0 Å². The molecular weight excluding hydrogens is 348 g/mol. The largest absolute Gasteiger partial charge is 0.346 e. The zero-order chi connectivity index (χ0) is 20.0. The molecule has 0 radical (unpaired) electrons. The number of nitrogens with one attached hydrogen (secondary N) is 2. The molecule has 1 unspecified atom stereocenters. The van der Waals surface area contributed by atoms with E-state index in [1.807, 2.05) is 50.2 Å². The number of amides is 2. The molecule has 0 aliphatic carbocycles. The summed E-state index contributed by atoms with van der Waals surface area (Å²) in [6.45, 7) is 2.21. The van der Waals surface area contributed by atoms with Gasteiger partial charge in [0.1, 0.15) is 5.69 Å². The molecule has 0 aromatic heterocycles. The minimum absolute atomic E-state index is 0.0228. The number of likely N-dealkylation sites (N-methyl/N-ethyl adjacent to an activating group) is 1. The maximum absolute atomic E-state index is 12.1. The van der Waals surface area contributed by atoms with Gasteiger partial charge in [-0.1, -0.05) is 42.0 Å². The number of benzene rings is 2. The lowest BCUT2D eigenvalue weighted by molar-refractivity contribution is -0.383. The third kappa shape index (κ3) is 5.35. The highest BCUT2D eigenvalue weighted by Gasteiger charge is 2.21. The number of anilines is 1. The van der Waals surface area contributed by atoms with Gasteiger partial charge in [-0.15, -0.1) is 0 Å². The number of nitrogens with zero attached hydrogens (tertiary/aromatic N) is 2. The third-order valence-corrected chi connectivity index (χ3v) is 4.10. The van der Waals surface area contributed by atoms with E-state index in [0.717, 1.165) is 11.1 Å². The summed E-state index contributed by atoms with van der Waals surface area (Å²) in [5.74, 6) is -1.81. The van der Waals surface area contributed by atoms with Gasteiger partial charge in [0.05, 0.1) is 11.0 Å². The number of para-hydroxylation sites is 2. The summed E-state index contributed by atoms with van der Waals surface area (Å²) < 4.78 is 0. The molecule has 0 bridgehead atoms. The van der Waals surface area contributed by atoms with Crippen molar-refractivity contribution in [1.82, 2.24) is 10.2 Å². The second-order valence-corrected chi connectivity index (χ2v) is 6.33. The Morgan fingerprint density at radius 1 is 1.07 bits per heavy atom. The molecule has 0 aliphatic heterocycles. The Hall–Kier alpha value is -3.26. The number of carbonyl (C=O) groups is 2. The standard InChI is InChI=1S/C19H22N4O4/c1-13-8-10-14(11-9-13)17(22(2)3)12-20-18(24)19(25)21-15-6-4-5-7-16(15)23(26)27/h4-11,17H,12H2,1-3H3,(H,20,24)(H,21,25). The van der Waals surface area contributed by atoms with E-state index in [0.29, 0.717) is 0 Å². The van der Waals surface area contributed by atoms with E-state index in [2.05, 4.69) is 10.6 Å². The van der Waals surface area contributed by atoms with E-state index < -0.39 is 16.7 Å². The normalized spacial score (nSPS) is 11.7. The molecule has 2 amide bonds. The van der Waals surface area contributed by atoms with Crippen molar-refractivity contribution in [2.45, 2.75) is 13.0 Å². The van der Waals surface area contributed by atoms with Crippen LogP contribution in [0.2, 0.25) is 0 Å². The Balaban J connectivity index is 2.02. The summed E-state index contributed by atoms with van der Waals surface area (Å²) in [7, 11) is 3.76. The van der Waals surface area contributed by atoms with E-state index in [1.54, 1.807) is 6.07 Å². The number of carbonyl (C=O) groups excluding carboxylic acids is 2. The molecule has 8 nitrogen and oxygen atoms in total. The molecule has 27 heavy (non-hydrogen) atoms. The quantitative estimate of drug-likeness (QED) is 0.461. The Labute approximate surface area is 157 Å². The number of hydrogen-bond donors (Lipinski definition) is 2. The van der Waals surface area contributed by atoms with Gasteiger partial charge >= 0.3 is 11.8 Å². The number of aryl methyl sites for hydroxylation is 1. The molecule has 2 aromatic rings. The first-order chi connectivity index (χ1) is 12.8. The van der Waals surface area contributed by atoms with Gasteiger partial charge in [0, 0.05) is 12.6 Å². The van der Waals surface area contributed by atoms with Crippen molar-refractivity contribution in [2.75, 3.05) is 26.0 Å². The van der Waals surface area contributed by atoms with Crippen molar-refractivity contribution in [3.8, 4) is 0 Å². The summed E-state index contributed by atoms with van der Waals surface area (Å²) in [4.78, 5) is 36.5. The molecule has 142 valence electrons. The fourth-order valence-electron chi connectivity index (χ4n) is 2.57. The van der Waals surface area contributed by atoms with Crippen LogP contribution in [0.4, 0.5) is 11.4 Å². The Bertz CT molecular complexity index is 834. The van der Waals surface area contributed by atoms with Crippen LogP contribution in [0.1, 0.15) is 17.2 Å². The van der Waals surface area contributed by atoms with Gasteiger partial charge < -0.3 is 15.5 Å². The topological polar surface area (TPSA) is 105 Å². The lowest BCUT2D eigenvalue weighted by Gasteiger charge is -2.25. The number of nitro benzene ring substituents is 1. The lowest BCUT2D eigenvalue weighted by Crippen LogP contribution is -2.40. The first-order valence-electron chi connectivity index (χ1n) is 8.35. The maximum atomic E-state index is 12.1. The van der Waals surface area contributed by atoms with Gasteiger partial charge in [0.2, 0.25) is 0 Å². The van der Waals surface area contributed by atoms with Gasteiger partial charge in [0.15, 0.2) is 0 Å². The monoisotopic (exact) mass is 370 g/mol.